The Balaban J connectivity index is 2.33. The van der Waals surface area contributed by atoms with Gasteiger partial charge in [-0.2, -0.15) is 0 Å². The highest BCUT2D eigenvalue weighted by Gasteiger charge is 2.29. The van der Waals surface area contributed by atoms with E-state index in [-0.39, 0.29) is 11.2 Å². The van der Waals surface area contributed by atoms with Gasteiger partial charge in [0.1, 0.15) is 0 Å². The molecule has 1 aliphatic heterocycles. The summed E-state index contributed by atoms with van der Waals surface area (Å²) in [5.41, 5.74) is -0.0599. The van der Waals surface area contributed by atoms with Gasteiger partial charge in [0.25, 0.3) is 0 Å². The van der Waals surface area contributed by atoms with Crippen molar-refractivity contribution in [1.82, 2.24) is 5.32 Å². The third kappa shape index (κ3) is 4.49. The maximum Gasteiger partial charge on any atom is 0.0746 e. The van der Waals surface area contributed by atoms with Crippen LogP contribution in [0, 0.1) is 0 Å². The zero-order valence-electron chi connectivity index (χ0n) is 10.7. The number of ether oxygens (including phenoxy) is 2. The van der Waals surface area contributed by atoms with Gasteiger partial charge in [-0.15, -0.1) is 0 Å². The van der Waals surface area contributed by atoms with Crippen LogP contribution in [0.2, 0.25) is 0 Å². The van der Waals surface area contributed by atoms with Gasteiger partial charge in [0.15, 0.2) is 0 Å². The summed E-state index contributed by atoms with van der Waals surface area (Å²) in [6.45, 7) is 10.3. The van der Waals surface area contributed by atoms with Crippen LogP contribution in [0.1, 0.15) is 40.5 Å². The van der Waals surface area contributed by atoms with Crippen molar-refractivity contribution >= 4 is 0 Å². The van der Waals surface area contributed by atoms with Crippen molar-refractivity contribution in [2.75, 3.05) is 20.3 Å². The Hall–Kier alpha value is -0.120. The van der Waals surface area contributed by atoms with Crippen LogP contribution in [0.15, 0.2) is 0 Å². The van der Waals surface area contributed by atoms with Gasteiger partial charge >= 0.3 is 0 Å². The van der Waals surface area contributed by atoms with Gasteiger partial charge in [-0.1, -0.05) is 0 Å². The molecule has 3 heteroatoms. The van der Waals surface area contributed by atoms with E-state index in [9.17, 15) is 0 Å². The van der Waals surface area contributed by atoms with Crippen LogP contribution >= 0.6 is 0 Å². The smallest absolute Gasteiger partial charge is 0.0746 e. The van der Waals surface area contributed by atoms with Crippen molar-refractivity contribution in [3.63, 3.8) is 0 Å². The molecular weight excluding hydrogens is 190 g/mol. The average molecular weight is 215 g/mol. The minimum Gasteiger partial charge on any atom is -0.377 e. The Kier molecular flexibility index (Phi) is 4.15. The summed E-state index contributed by atoms with van der Waals surface area (Å²) in [6.07, 6.45) is 2.18. The first-order valence-corrected chi connectivity index (χ1v) is 5.77. The normalized spacial score (nSPS) is 26.6. The van der Waals surface area contributed by atoms with Crippen LogP contribution in [-0.4, -0.2) is 37.5 Å². The Labute approximate surface area is 93.5 Å². The molecule has 0 radical (unpaired) electrons. The first-order valence-electron chi connectivity index (χ1n) is 5.77. The molecule has 0 spiro atoms. The van der Waals surface area contributed by atoms with E-state index in [1.807, 2.05) is 0 Å². The van der Waals surface area contributed by atoms with Crippen molar-refractivity contribution in [2.24, 2.45) is 0 Å². The van der Waals surface area contributed by atoms with Gasteiger partial charge < -0.3 is 14.8 Å². The lowest BCUT2D eigenvalue weighted by Gasteiger charge is -2.37. The third-order valence-electron chi connectivity index (χ3n) is 3.07. The third-order valence-corrected chi connectivity index (χ3v) is 3.07. The summed E-state index contributed by atoms with van der Waals surface area (Å²) in [4.78, 5) is 0. The maximum atomic E-state index is 5.68. The number of hydrogen-bond donors (Lipinski definition) is 1. The molecule has 3 nitrogen and oxygen atoms in total. The average Bonchev–Trinajstić information content (AvgIpc) is 2.14. The minimum atomic E-state index is -0.0809. The molecule has 0 aromatic heterocycles. The highest BCUT2D eigenvalue weighted by Crippen LogP contribution is 2.24. The van der Waals surface area contributed by atoms with Gasteiger partial charge in [-0.05, 0) is 40.5 Å². The van der Waals surface area contributed by atoms with Crippen LogP contribution in [0.5, 0.6) is 0 Å². The Morgan fingerprint density at radius 1 is 1.47 bits per heavy atom. The summed E-state index contributed by atoms with van der Waals surface area (Å²) in [7, 11) is 1.76. The standard InChI is InChI=1S/C12H25NO2/c1-11(2)8-10(6-7-15-11)13-9-12(3,4)14-5/h10,13H,6-9H2,1-5H3. The molecule has 15 heavy (non-hydrogen) atoms. The van der Waals surface area contributed by atoms with Crippen molar-refractivity contribution in [1.29, 1.82) is 0 Å². The van der Waals surface area contributed by atoms with Crippen LogP contribution in [-0.2, 0) is 9.47 Å². The SMILES string of the molecule is COC(C)(C)CNC1CCOC(C)(C)C1. The van der Waals surface area contributed by atoms with Gasteiger partial charge in [-0.25, -0.2) is 0 Å². The number of rotatable bonds is 4. The number of methoxy groups -OCH3 is 1. The molecule has 0 bridgehead atoms. The summed E-state index contributed by atoms with van der Waals surface area (Å²) in [5, 5.41) is 3.56. The van der Waals surface area contributed by atoms with Gasteiger partial charge in [0.2, 0.25) is 0 Å². The molecule has 1 fully saturated rings. The molecule has 90 valence electrons. The summed E-state index contributed by atoms with van der Waals surface area (Å²) in [6, 6.07) is 0.558. The zero-order valence-corrected chi connectivity index (χ0v) is 10.7. The van der Waals surface area contributed by atoms with Crippen molar-refractivity contribution in [3.8, 4) is 0 Å². The van der Waals surface area contributed by atoms with E-state index in [0.717, 1.165) is 26.0 Å². The summed E-state index contributed by atoms with van der Waals surface area (Å²) >= 11 is 0. The Bertz CT molecular complexity index is 202. The lowest BCUT2D eigenvalue weighted by molar-refractivity contribution is -0.0665. The zero-order chi connectivity index (χ0) is 11.5. The molecule has 0 amide bonds. The second-order valence-corrected chi connectivity index (χ2v) is 5.64. The molecule has 1 rings (SSSR count). The predicted octanol–water partition coefficient (Wildman–Crippen LogP) is 1.96. The van der Waals surface area contributed by atoms with Crippen LogP contribution < -0.4 is 5.32 Å². The minimum absolute atomic E-state index is 0.0210. The lowest BCUT2D eigenvalue weighted by Crippen LogP contribution is -2.48. The Morgan fingerprint density at radius 2 is 2.13 bits per heavy atom. The molecule has 0 aromatic carbocycles. The fourth-order valence-electron chi connectivity index (χ4n) is 1.87. The fraction of sp³-hybridized carbons (Fsp3) is 1.00. The van der Waals surface area contributed by atoms with Gasteiger partial charge in [0.05, 0.1) is 11.2 Å². The predicted molar refractivity (Wildman–Crippen MR) is 62.1 cm³/mol. The quantitative estimate of drug-likeness (QED) is 0.777. The molecule has 0 aromatic rings. The second-order valence-electron chi connectivity index (χ2n) is 5.64. The topological polar surface area (TPSA) is 30.5 Å². The Morgan fingerprint density at radius 3 is 2.67 bits per heavy atom. The largest absolute Gasteiger partial charge is 0.377 e. The molecule has 1 saturated heterocycles. The number of hydrogen-bond acceptors (Lipinski definition) is 3. The first-order chi connectivity index (χ1) is 6.85. The molecule has 0 saturated carbocycles. The maximum absolute atomic E-state index is 5.68. The van der Waals surface area contributed by atoms with Crippen LogP contribution in [0.4, 0.5) is 0 Å². The highest BCUT2D eigenvalue weighted by atomic mass is 16.5. The van der Waals surface area contributed by atoms with E-state index < -0.39 is 0 Å². The lowest BCUT2D eigenvalue weighted by atomic mass is 9.93. The van der Waals surface area contributed by atoms with Gasteiger partial charge in [-0.3, -0.25) is 0 Å². The fourth-order valence-corrected chi connectivity index (χ4v) is 1.87. The van der Waals surface area contributed by atoms with Gasteiger partial charge in [0, 0.05) is 26.3 Å². The number of nitrogens with one attached hydrogen (secondary N) is 1. The van der Waals surface area contributed by atoms with E-state index in [4.69, 9.17) is 9.47 Å². The molecule has 1 heterocycles. The van der Waals surface area contributed by atoms with E-state index in [2.05, 4.69) is 33.0 Å². The molecular formula is C12H25NO2. The monoisotopic (exact) mass is 215 g/mol. The van der Waals surface area contributed by atoms with E-state index in [1.165, 1.54) is 0 Å². The molecule has 0 aliphatic carbocycles. The molecule has 1 unspecified atom stereocenters. The second kappa shape index (κ2) is 4.81. The van der Waals surface area contributed by atoms with Crippen molar-refractivity contribution in [2.45, 2.75) is 57.8 Å². The molecule has 1 aliphatic rings. The first kappa shape index (κ1) is 12.9. The summed E-state index contributed by atoms with van der Waals surface area (Å²) < 4.78 is 11.1. The van der Waals surface area contributed by atoms with Crippen molar-refractivity contribution in [3.05, 3.63) is 0 Å². The van der Waals surface area contributed by atoms with E-state index in [0.29, 0.717) is 6.04 Å². The van der Waals surface area contributed by atoms with E-state index >= 15 is 0 Å². The van der Waals surface area contributed by atoms with Crippen molar-refractivity contribution < 1.29 is 9.47 Å². The van der Waals surface area contributed by atoms with E-state index in [1.54, 1.807) is 7.11 Å². The highest BCUT2D eigenvalue weighted by molar-refractivity contribution is 4.84. The van der Waals surface area contributed by atoms with Crippen LogP contribution in [0.25, 0.3) is 0 Å². The molecule has 1 atom stereocenters. The summed E-state index contributed by atoms with van der Waals surface area (Å²) in [5.74, 6) is 0. The van der Waals surface area contributed by atoms with Crippen LogP contribution in [0.3, 0.4) is 0 Å². The molecule has 1 N–H and O–H groups in total.